The standard InChI is InChI=1S/C15H19F2N3O2/c1-2-19-5-7-20(8-6-19)15(22)10-14(21)18-13-4-3-11(16)9-12(13)17/h3-4,9H,2,5-8,10H2,1H3,(H,18,21). The lowest BCUT2D eigenvalue weighted by Crippen LogP contribution is -2.49. The summed E-state index contributed by atoms with van der Waals surface area (Å²) in [7, 11) is 0. The van der Waals surface area contributed by atoms with Crippen LogP contribution < -0.4 is 5.32 Å². The first kappa shape index (κ1) is 16.4. The van der Waals surface area contributed by atoms with Gasteiger partial charge in [0.2, 0.25) is 11.8 Å². The molecule has 1 aliphatic rings. The third-order valence-corrected chi connectivity index (χ3v) is 3.69. The largest absolute Gasteiger partial charge is 0.340 e. The van der Waals surface area contributed by atoms with Gasteiger partial charge in [0.1, 0.15) is 18.1 Å². The van der Waals surface area contributed by atoms with E-state index in [-0.39, 0.29) is 18.0 Å². The molecule has 5 nitrogen and oxygen atoms in total. The van der Waals surface area contributed by atoms with Crippen LogP contribution in [0.15, 0.2) is 18.2 Å². The zero-order valence-corrected chi connectivity index (χ0v) is 12.4. The molecule has 1 aromatic carbocycles. The Morgan fingerprint density at radius 3 is 2.45 bits per heavy atom. The molecule has 1 N–H and O–H groups in total. The number of nitrogens with zero attached hydrogens (tertiary/aromatic N) is 2. The van der Waals surface area contributed by atoms with Crippen LogP contribution in [0.1, 0.15) is 13.3 Å². The zero-order valence-electron chi connectivity index (χ0n) is 12.4. The summed E-state index contributed by atoms with van der Waals surface area (Å²) < 4.78 is 26.2. The normalized spacial score (nSPS) is 15.7. The molecule has 0 unspecified atom stereocenters. The zero-order chi connectivity index (χ0) is 16.1. The first-order valence-corrected chi connectivity index (χ1v) is 7.24. The average molecular weight is 311 g/mol. The van der Waals surface area contributed by atoms with Crippen LogP contribution >= 0.6 is 0 Å². The van der Waals surface area contributed by atoms with E-state index >= 15 is 0 Å². The molecule has 0 atom stereocenters. The maximum atomic E-state index is 13.4. The van der Waals surface area contributed by atoms with Crippen molar-refractivity contribution in [3.8, 4) is 0 Å². The maximum absolute atomic E-state index is 13.4. The van der Waals surface area contributed by atoms with Crippen molar-refractivity contribution in [1.82, 2.24) is 9.80 Å². The number of likely N-dealkylation sites (N-methyl/N-ethyl adjacent to an activating group) is 1. The van der Waals surface area contributed by atoms with E-state index in [1.807, 2.05) is 0 Å². The Bertz CT molecular complexity index is 558. The quantitative estimate of drug-likeness (QED) is 0.857. The third kappa shape index (κ3) is 4.24. The first-order chi connectivity index (χ1) is 10.5. The summed E-state index contributed by atoms with van der Waals surface area (Å²) in [6.07, 6.45) is -0.344. The van der Waals surface area contributed by atoms with Crippen molar-refractivity contribution < 1.29 is 18.4 Å². The molecule has 2 amide bonds. The minimum atomic E-state index is -0.864. The highest BCUT2D eigenvalue weighted by atomic mass is 19.1. The summed E-state index contributed by atoms with van der Waals surface area (Å²) in [5.74, 6) is -2.47. The van der Waals surface area contributed by atoms with Gasteiger partial charge in [-0.3, -0.25) is 9.59 Å². The van der Waals surface area contributed by atoms with Crippen LogP contribution in [0.4, 0.5) is 14.5 Å². The van der Waals surface area contributed by atoms with Gasteiger partial charge in [-0.2, -0.15) is 0 Å². The summed E-state index contributed by atoms with van der Waals surface area (Å²) in [6, 6.07) is 2.86. The Morgan fingerprint density at radius 1 is 1.18 bits per heavy atom. The van der Waals surface area contributed by atoms with Gasteiger partial charge in [-0.05, 0) is 18.7 Å². The van der Waals surface area contributed by atoms with Gasteiger partial charge >= 0.3 is 0 Å². The van der Waals surface area contributed by atoms with Gasteiger partial charge in [0.05, 0.1) is 5.69 Å². The van der Waals surface area contributed by atoms with Crippen LogP contribution in [0.2, 0.25) is 0 Å². The van der Waals surface area contributed by atoms with Gasteiger partial charge in [-0.25, -0.2) is 8.78 Å². The number of hydrogen-bond donors (Lipinski definition) is 1. The van der Waals surface area contributed by atoms with Gasteiger partial charge in [-0.15, -0.1) is 0 Å². The molecule has 0 bridgehead atoms. The smallest absolute Gasteiger partial charge is 0.233 e. The summed E-state index contributed by atoms with van der Waals surface area (Å²) in [6.45, 7) is 5.75. The molecule has 1 heterocycles. The topological polar surface area (TPSA) is 52.7 Å². The fraction of sp³-hybridized carbons (Fsp3) is 0.467. The van der Waals surface area contributed by atoms with E-state index in [1.165, 1.54) is 0 Å². The lowest BCUT2D eigenvalue weighted by molar-refractivity contribution is -0.136. The first-order valence-electron chi connectivity index (χ1n) is 7.24. The van der Waals surface area contributed by atoms with Crippen molar-refractivity contribution in [2.75, 3.05) is 38.0 Å². The number of piperazine rings is 1. The predicted octanol–water partition coefficient (Wildman–Crippen LogP) is 1.46. The highest BCUT2D eigenvalue weighted by Crippen LogP contribution is 2.15. The van der Waals surface area contributed by atoms with Crippen molar-refractivity contribution in [3.05, 3.63) is 29.8 Å². The molecular weight excluding hydrogens is 292 g/mol. The predicted molar refractivity (Wildman–Crippen MR) is 78.3 cm³/mol. The number of amides is 2. The van der Waals surface area contributed by atoms with Crippen molar-refractivity contribution >= 4 is 17.5 Å². The Morgan fingerprint density at radius 2 is 1.86 bits per heavy atom. The van der Waals surface area contributed by atoms with Crippen molar-refractivity contribution in [1.29, 1.82) is 0 Å². The number of carbonyl (C=O) groups is 2. The number of anilines is 1. The van der Waals surface area contributed by atoms with Crippen LogP contribution in [-0.2, 0) is 9.59 Å². The molecule has 0 radical (unpaired) electrons. The number of benzene rings is 1. The molecule has 0 saturated carbocycles. The number of rotatable bonds is 4. The van der Waals surface area contributed by atoms with E-state index in [1.54, 1.807) is 4.90 Å². The van der Waals surface area contributed by atoms with Crippen molar-refractivity contribution in [2.24, 2.45) is 0 Å². The molecule has 7 heteroatoms. The Labute approximate surface area is 127 Å². The number of halogens is 2. The highest BCUT2D eigenvalue weighted by Gasteiger charge is 2.22. The monoisotopic (exact) mass is 311 g/mol. The van der Waals surface area contributed by atoms with E-state index < -0.39 is 17.5 Å². The number of hydrogen-bond acceptors (Lipinski definition) is 3. The van der Waals surface area contributed by atoms with Crippen LogP contribution in [0, 0.1) is 11.6 Å². The van der Waals surface area contributed by atoms with E-state index in [2.05, 4.69) is 17.1 Å². The lowest BCUT2D eigenvalue weighted by Gasteiger charge is -2.33. The van der Waals surface area contributed by atoms with Crippen molar-refractivity contribution in [2.45, 2.75) is 13.3 Å². The van der Waals surface area contributed by atoms with E-state index in [9.17, 15) is 18.4 Å². The molecule has 0 aliphatic carbocycles. The maximum Gasteiger partial charge on any atom is 0.233 e. The van der Waals surface area contributed by atoms with Gasteiger partial charge in [0.25, 0.3) is 0 Å². The molecule has 22 heavy (non-hydrogen) atoms. The minimum absolute atomic E-state index is 0.130. The Balaban J connectivity index is 1.85. The average Bonchev–Trinajstić information content (AvgIpc) is 2.50. The van der Waals surface area contributed by atoms with Gasteiger partial charge in [0.15, 0.2) is 0 Å². The Hall–Kier alpha value is -2.02. The van der Waals surface area contributed by atoms with Crippen LogP contribution in [0.25, 0.3) is 0 Å². The highest BCUT2D eigenvalue weighted by molar-refractivity contribution is 6.03. The van der Waals surface area contributed by atoms with Gasteiger partial charge < -0.3 is 15.1 Å². The lowest BCUT2D eigenvalue weighted by atomic mass is 10.2. The fourth-order valence-corrected chi connectivity index (χ4v) is 2.35. The summed E-state index contributed by atoms with van der Waals surface area (Å²) >= 11 is 0. The second-order valence-electron chi connectivity index (χ2n) is 5.16. The number of carbonyl (C=O) groups excluding carboxylic acids is 2. The molecule has 1 fully saturated rings. The minimum Gasteiger partial charge on any atom is -0.340 e. The van der Waals surface area contributed by atoms with Gasteiger partial charge in [0, 0.05) is 32.2 Å². The second-order valence-corrected chi connectivity index (χ2v) is 5.16. The molecule has 1 aromatic rings. The van der Waals surface area contributed by atoms with Crippen molar-refractivity contribution in [3.63, 3.8) is 0 Å². The van der Waals surface area contributed by atoms with Crippen LogP contribution in [0.3, 0.4) is 0 Å². The number of nitrogens with one attached hydrogen (secondary N) is 1. The van der Waals surface area contributed by atoms with Crippen LogP contribution in [0.5, 0.6) is 0 Å². The van der Waals surface area contributed by atoms with Gasteiger partial charge in [-0.1, -0.05) is 6.92 Å². The Kier molecular flexibility index (Phi) is 5.43. The fourth-order valence-electron chi connectivity index (χ4n) is 2.35. The molecule has 120 valence electrons. The summed E-state index contributed by atoms with van der Waals surface area (Å²) in [4.78, 5) is 27.7. The molecule has 0 aromatic heterocycles. The second kappa shape index (κ2) is 7.31. The van der Waals surface area contributed by atoms with E-state index in [4.69, 9.17) is 0 Å². The van der Waals surface area contributed by atoms with E-state index in [0.717, 1.165) is 31.8 Å². The van der Waals surface area contributed by atoms with Crippen LogP contribution in [-0.4, -0.2) is 54.3 Å². The molecule has 1 aliphatic heterocycles. The van der Waals surface area contributed by atoms with E-state index in [0.29, 0.717) is 19.2 Å². The molecule has 1 saturated heterocycles. The molecule has 2 rings (SSSR count). The third-order valence-electron chi connectivity index (χ3n) is 3.69. The molecular formula is C15H19F2N3O2. The SMILES string of the molecule is CCN1CCN(C(=O)CC(=O)Nc2ccc(F)cc2F)CC1. The summed E-state index contributed by atoms with van der Waals surface area (Å²) in [5, 5.41) is 2.29. The summed E-state index contributed by atoms with van der Waals surface area (Å²) in [5.41, 5.74) is -0.130. The molecule has 0 spiro atoms.